The molecule has 0 aromatic carbocycles. The quantitative estimate of drug-likeness (QED) is 0.755. The maximum absolute atomic E-state index is 11.9. The highest BCUT2D eigenvalue weighted by Crippen LogP contribution is 2.03. The highest BCUT2D eigenvalue weighted by Gasteiger charge is 2.16. The van der Waals surface area contributed by atoms with Crippen molar-refractivity contribution in [2.24, 2.45) is 5.73 Å². The molecule has 1 aromatic heterocycles. The van der Waals surface area contributed by atoms with Crippen LogP contribution in [0.5, 0.6) is 0 Å². The summed E-state index contributed by atoms with van der Waals surface area (Å²) in [4.78, 5) is 13.7. The van der Waals surface area contributed by atoms with Gasteiger partial charge in [-0.1, -0.05) is 5.21 Å². The molecule has 0 spiro atoms. The first-order valence-electron chi connectivity index (χ1n) is 6.24. The summed E-state index contributed by atoms with van der Waals surface area (Å²) in [5.74, 6) is 0.192. The SMILES string of the molecule is NCc1cn(CCCC(=O)N2CCOCC2)nn1. The molecule has 1 aliphatic heterocycles. The molecule has 0 aliphatic carbocycles. The first-order valence-corrected chi connectivity index (χ1v) is 6.24. The Morgan fingerprint density at radius 2 is 2.22 bits per heavy atom. The number of aromatic nitrogens is 3. The van der Waals surface area contributed by atoms with E-state index in [1.54, 1.807) is 4.68 Å². The summed E-state index contributed by atoms with van der Waals surface area (Å²) in [6, 6.07) is 0. The van der Waals surface area contributed by atoms with Crippen LogP contribution in [-0.2, 0) is 22.6 Å². The van der Waals surface area contributed by atoms with Gasteiger partial charge in [-0.2, -0.15) is 0 Å². The normalized spacial score (nSPS) is 15.9. The minimum absolute atomic E-state index is 0.192. The smallest absolute Gasteiger partial charge is 0.222 e. The number of hydrogen-bond acceptors (Lipinski definition) is 5. The van der Waals surface area contributed by atoms with Crippen LogP contribution in [0, 0.1) is 0 Å². The Kier molecular flexibility index (Phi) is 4.66. The van der Waals surface area contributed by atoms with Crippen molar-refractivity contribution in [1.82, 2.24) is 19.9 Å². The summed E-state index contributed by atoms with van der Waals surface area (Å²) in [7, 11) is 0. The van der Waals surface area contributed by atoms with Crippen molar-refractivity contribution < 1.29 is 9.53 Å². The molecule has 1 fully saturated rings. The van der Waals surface area contributed by atoms with Crippen molar-refractivity contribution in [1.29, 1.82) is 0 Å². The van der Waals surface area contributed by atoms with E-state index in [4.69, 9.17) is 10.5 Å². The maximum Gasteiger partial charge on any atom is 0.222 e. The van der Waals surface area contributed by atoms with Crippen LogP contribution >= 0.6 is 0 Å². The average Bonchev–Trinajstić information content (AvgIpc) is 2.87. The number of nitrogens with zero attached hydrogens (tertiary/aromatic N) is 4. The lowest BCUT2D eigenvalue weighted by atomic mass is 10.2. The van der Waals surface area contributed by atoms with Gasteiger partial charge in [0.1, 0.15) is 0 Å². The minimum atomic E-state index is 0.192. The molecule has 0 bridgehead atoms. The van der Waals surface area contributed by atoms with Crippen LogP contribution in [0.1, 0.15) is 18.5 Å². The van der Waals surface area contributed by atoms with E-state index >= 15 is 0 Å². The summed E-state index contributed by atoms with van der Waals surface area (Å²) in [5, 5.41) is 7.84. The zero-order valence-electron chi connectivity index (χ0n) is 10.4. The molecule has 100 valence electrons. The van der Waals surface area contributed by atoms with Crippen molar-refractivity contribution >= 4 is 5.91 Å². The van der Waals surface area contributed by atoms with Gasteiger partial charge in [0.25, 0.3) is 0 Å². The van der Waals surface area contributed by atoms with Crippen molar-refractivity contribution in [2.45, 2.75) is 25.9 Å². The largest absolute Gasteiger partial charge is 0.378 e. The molecule has 7 heteroatoms. The Hall–Kier alpha value is -1.47. The number of rotatable bonds is 5. The predicted octanol–water partition coefficient (Wildman–Crippen LogP) is -0.624. The van der Waals surface area contributed by atoms with E-state index in [9.17, 15) is 4.79 Å². The molecular weight excluding hydrogens is 234 g/mol. The van der Waals surface area contributed by atoms with Crippen molar-refractivity contribution in [3.8, 4) is 0 Å². The van der Waals surface area contributed by atoms with Crippen LogP contribution in [0.4, 0.5) is 0 Å². The average molecular weight is 253 g/mol. The van der Waals surface area contributed by atoms with Crippen molar-refractivity contribution in [3.63, 3.8) is 0 Å². The van der Waals surface area contributed by atoms with Crippen molar-refractivity contribution in [3.05, 3.63) is 11.9 Å². The second kappa shape index (κ2) is 6.46. The molecular formula is C11H19N5O2. The number of carbonyl (C=O) groups is 1. The standard InChI is InChI=1S/C11H19N5O2/c12-8-10-9-16(14-13-10)3-1-2-11(17)15-4-6-18-7-5-15/h9H,1-8,12H2. The summed E-state index contributed by atoms with van der Waals surface area (Å²) in [6.45, 7) is 3.80. The van der Waals surface area contributed by atoms with Crippen LogP contribution < -0.4 is 5.73 Å². The molecule has 2 heterocycles. The second-order valence-electron chi connectivity index (χ2n) is 4.27. The fourth-order valence-electron chi connectivity index (χ4n) is 1.90. The topological polar surface area (TPSA) is 86.3 Å². The number of morpholine rings is 1. The second-order valence-corrected chi connectivity index (χ2v) is 4.27. The number of nitrogens with two attached hydrogens (primary N) is 1. The van der Waals surface area contributed by atoms with Gasteiger partial charge < -0.3 is 15.4 Å². The Balaban J connectivity index is 1.69. The minimum Gasteiger partial charge on any atom is -0.378 e. The van der Waals surface area contributed by atoms with E-state index in [2.05, 4.69) is 10.3 Å². The van der Waals surface area contributed by atoms with E-state index in [1.165, 1.54) is 0 Å². The number of carbonyl (C=O) groups excluding carboxylic acids is 1. The van der Waals surface area contributed by atoms with Crippen LogP contribution in [0.2, 0.25) is 0 Å². The van der Waals surface area contributed by atoms with Gasteiger partial charge in [0.05, 0.1) is 18.9 Å². The van der Waals surface area contributed by atoms with E-state index in [-0.39, 0.29) is 5.91 Å². The van der Waals surface area contributed by atoms with Gasteiger partial charge in [-0.15, -0.1) is 5.10 Å². The first kappa shape index (κ1) is 13.0. The molecule has 2 N–H and O–H groups in total. The zero-order chi connectivity index (χ0) is 12.8. The molecule has 18 heavy (non-hydrogen) atoms. The highest BCUT2D eigenvalue weighted by molar-refractivity contribution is 5.76. The summed E-state index contributed by atoms with van der Waals surface area (Å²) in [6.07, 6.45) is 3.13. The lowest BCUT2D eigenvalue weighted by Crippen LogP contribution is -2.40. The zero-order valence-corrected chi connectivity index (χ0v) is 10.4. The molecule has 1 amide bonds. The molecule has 1 aromatic rings. The molecule has 1 aliphatic rings. The van der Waals surface area contributed by atoms with Crippen LogP contribution in [-0.4, -0.2) is 52.1 Å². The molecule has 2 rings (SSSR count). The first-order chi connectivity index (χ1) is 8.79. The Labute approximate surface area is 106 Å². The summed E-state index contributed by atoms with van der Waals surface area (Å²) < 4.78 is 6.94. The molecule has 0 saturated carbocycles. The number of hydrogen-bond donors (Lipinski definition) is 1. The van der Waals surface area contributed by atoms with Gasteiger partial charge >= 0.3 is 0 Å². The molecule has 0 unspecified atom stereocenters. The summed E-state index contributed by atoms with van der Waals surface area (Å²) >= 11 is 0. The van der Waals surface area contributed by atoms with Gasteiger partial charge in [0.2, 0.25) is 5.91 Å². The number of amides is 1. The van der Waals surface area contributed by atoms with Gasteiger partial charge in [-0.25, -0.2) is 0 Å². The third-order valence-corrected chi connectivity index (χ3v) is 2.94. The highest BCUT2D eigenvalue weighted by atomic mass is 16.5. The van der Waals surface area contributed by atoms with Gasteiger partial charge in [-0.3, -0.25) is 9.48 Å². The van der Waals surface area contributed by atoms with Gasteiger partial charge in [-0.05, 0) is 6.42 Å². The lowest BCUT2D eigenvalue weighted by molar-refractivity contribution is -0.135. The Morgan fingerprint density at radius 1 is 1.44 bits per heavy atom. The maximum atomic E-state index is 11.9. The lowest BCUT2D eigenvalue weighted by Gasteiger charge is -2.26. The summed E-state index contributed by atoms with van der Waals surface area (Å²) in [5.41, 5.74) is 6.22. The van der Waals surface area contributed by atoms with Crippen LogP contribution in [0.15, 0.2) is 6.20 Å². The van der Waals surface area contributed by atoms with Crippen LogP contribution in [0.25, 0.3) is 0 Å². The number of ether oxygens (including phenoxy) is 1. The molecule has 0 radical (unpaired) electrons. The van der Waals surface area contributed by atoms with E-state index in [1.807, 2.05) is 11.1 Å². The number of aryl methyl sites for hydroxylation is 1. The van der Waals surface area contributed by atoms with E-state index in [0.29, 0.717) is 45.8 Å². The predicted molar refractivity (Wildman–Crippen MR) is 64.5 cm³/mol. The Bertz CT molecular complexity index is 387. The third kappa shape index (κ3) is 3.51. The fourth-order valence-corrected chi connectivity index (χ4v) is 1.90. The van der Waals surface area contributed by atoms with E-state index < -0.39 is 0 Å². The van der Waals surface area contributed by atoms with E-state index in [0.717, 1.165) is 12.1 Å². The third-order valence-electron chi connectivity index (χ3n) is 2.94. The molecule has 0 atom stereocenters. The molecule has 7 nitrogen and oxygen atoms in total. The van der Waals surface area contributed by atoms with Crippen LogP contribution in [0.3, 0.4) is 0 Å². The molecule has 1 saturated heterocycles. The van der Waals surface area contributed by atoms with Gasteiger partial charge in [0, 0.05) is 38.8 Å². The Morgan fingerprint density at radius 3 is 2.89 bits per heavy atom. The fraction of sp³-hybridized carbons (Fsp3) is 0.727. The monoisotopic (exact) mass is 253 g/mol. The van der Waals surface area contributed by atoms with Crippen molar-refractivity contribution in [2.75, 3.05) is 26.3 Å². The van der Waals surface area contributed by atoms with Gasteiger partial charge in [0.15, 0.2) is 0 Å².